The molecule has 0 saturated heterocycles. The van der Waals surface area contributed by atoms with Crippen LogP contribution < -0.4 is 0 Å². The van der Waals surface area contributed by atoms with Gasteiger partial charge in [0.2, 0.25) is 0 Å². The number of aryl methyl sites for hydroxylation is 1. The Bertz CT molecular complexity index is 2090. The van der Waals surface area contributed by atoms with Crippen LogP contribution in [0, 0.1) is 6.92 Å². The molecule has 0 spiro atoms. The van der Waals surface area contributed by atoms with Crippen molar-refractivity contribution >= 4 is 33.1 Å². The van der Waals surface area contributed by atoms with Gasteiger partial charge in [-0.25, -0.2) is 4.98 Å². The third-order valence-corrected chi connectivity index (χ3v) is 9.51. The van der Waals surface area contributed by atoms with Gasteiger partial charge in [-0.05, 0) is 76.7 Å². The van der Waals surface area contributed by atoms with E-state index in [0.29, 0.717) is 0 Å². The average Bonchev–Trinajstić information content (AvgIpc) is 3.63. The second-order valence-corrected chi connectivity index (χ2v) is 12.6. The number of para-hydroxylation sites is 1. The van der Waals surface area contributed by atoms with Crippen LogP contribution in [-0.2, 0) is 5.41 Å². The van der Waals surface area contributed by atoms with Gasteiger partial charge in [-0.2, -0.15) is 0 Å². The molecule has 2 aromatic heterocycles. The zero-order valence-electron chi connectivity index (χ0n) is 22.8. The Balaban J connectivity index is 1.36. The quantitative estimate of drug-likeness (QED) is 0.221. The Hall–Kier alpha value is -4.47. The molecule has 0 atom stereocenters. The van der Waals surface area contributed by atoms with Crippen LogP contribution in [-0.4, -0.2) is 9.55 Å². The molecule has 0 radical (unpaired) electrons. The fourth-order valence-corrected chi connectivity index (χ4v) is 7.31. The Morgan fingerprint density at radius 1 is 0.625 bits per heavy atom. The van der Waals surface area contributed by atoms with Gasteiger partial charge in [0.25, 0.3) is 0 Å². The molecule has 0 bridgehead atoms. The summed E-state index contributed by atoms with van der Waals surface area (Å²) in [5, 5.41) is 3.63. The minimum absolute atomic E-state index is 0.106. The molecule has 8 rings (SSSR count). The average molecular weight is 533 g/mol. The number of fused-ring (bicyclic) bond motifs is 6. The van der Waals surface area contributed by atoms with E-state index in [2.05, 4.69) is 140 Å². The number of rotatable bonds is 3. The molecule has 192 valence electrons. The van der Waals surface area contributed by atoms with Crippen molar-refractivity contribution in [3.63, 3.8) is 0 Å². The van der Waals surface area contributed by atoms with E-state index in [4.69, 9.17) is 0 Å². The molecule has 0 amide bonds. The molecule has 0 unspecified atom stereocenters. The van der Waals surface area contributed by atoms with Gasteiger partial charge in [-0.3, -0.25) is 0 Å². The van der Waals surface area contributed by atoms with Gasteiger partial charge in [0.1, 0.15) is 5.01 Å². The lowest BCUT2D eigenvalue weighted by molar-refractivity contribution is 0.661. The standard InChI is InChI=1S/C37H28N2S/c1-23-22-38-36(40-23)26-12-9-13-27(18-26)39-34-15-8-7-14-29(34)31-20-30-28-17-16-25(24-10-5-4-6-11-24)19-32(28)37(2,3)33(30)21-35(31)39/h4-22H,1-3H3. The molecular weight excluding hydrogens is 504 g/mol. The number of nitrogens with zero attached hydrogens (tertiary/aromatic N) is 2. The maximum atomic E-state index is 4.66. The molecule has 5 aromatic carbocycles. The summed E-state index contributed by atoms with van der Waals surface area (Å²) in [5.41, 5.74) is 12.7. The molecule has 0 aliphatic heterocycles. The highest BCUT2D eigenvalue weighted by Crippen LogP contribution is 2.52. The number of hydrogen-bond acceptors (Lipinski definition) is 2. The monoisotopic (exact) mass is 532 g/mol. The lowest BCUT2D eigenvalue weighted by Gasteiger charge is -2.22. The summed E-state index contributed by atoms with van der Waals surface area (Å²) in [6, 6.07) is 40.2. The van der Waals surface area contributed by atoms with Crippen molar-refractivity contribution in [1.82, 2.24) is 9.55 Å². The molecule has 40 heavy (non-hydrogen) atoms. The third kappa shape index (κ3) is 3.38. The molecular formula is C37H28N2S. The lowest BCUT2D eigenvalue weighted by atomic mass is 9.81. The van der Waals surface area contributed by atoms with Crippen molar-refractivity contribution in [1.29, 1.82) is 0 Å². The van der Waals surface area contributed by atoms with Crippen molar-refractivity contribution in [3.05, 3.63) is 131 Å². The van der Waals surface area contributed by atoms with E-state index in [1.165, 1.54) is 60.1 Å². The molecule has 1 aliphatic carbocycles. The minimum atomic E-state index is -0.106. The smallest absolute Gasteiger partial charge is 0.123 e. The van der Waals surface area contributed by atoms with Crippen LogP contribution in [0.15, 0.2) is 115 Å². The van der Waals surface area contributed by atoms with Gasteiger partial charge in [0, 0.05) is 38.5 Å². The SMILES string of the molecule is Cc1cnc(-c2cccc(-n3c4ccccc4c4cc5c(cc43)C(C)(C)c3cc(-c4ccccc4)ccc3-5)c2)s1. The molecule has 0 N–H and O–H groups in total. The first-order valence-electron chi connectivity index (χ1n) is 13.8. The molecule has 7 aromatic rings. The Morgan fingerprint density at radius 3 is 2.23 bits per heavy atom. The van der Waals surface area contributed by atoms with Crippen LogP contribution in [0.25, 0.3) is 60.3 Å². The van der Waals surface area contributed by atoms with Gasteiger partial charge in [0.15, 0.2) is 0 Å². The van der Waals surface area contributed by atoms with Gasteiger partial charge in [-0.15, -0.1) is 11.3 Å². The number of benzene rings is 5. The van der Waals surface area contributed by atoms with E-state index in [0.717, 1.165) is 16.3 Å². The first-order valence-corrected chi connectivity index (χ1v) is 14.6. The number of aromatic nitrogens is 2. The van der Waals surface area contributed by atoms with Crippen LogP contribution >= 0.6 is 11.3 Å². The lowest BCUT2D eigenvalue weighted by Crippen LogP contribution is -2.15. The molecule has 1 aliphatic rings. The molecule has 0 fully saturated rings. The minimum Gasteiger partial charge on any atom is -0.309 e. The third-order valence-electron chi connectivity index (χ3n) is 8.55. The summed E-state index contributed by atoms with van der Waals surface area (Å²) in [6.45, 7) is 6.86. The van der Waals surface area contributed by atoms with E-state index < -0.39 is 0 Å². The Kier molecular flexibility index (Phi) is 4.98. The fraction of sp³-hybridized carbons (Fsp3) is 0.108. The van der Waals surface area contributed by atoms with Crippen LogP contribution in [0.1, 0.15) is 29.9 Å². The molecule has 3 heteroatoms. The van der Waals surface area contributed by atoms with Crippen LogP contribution in [0.3, 0.4) is 0 Å². The van der Waals surface area contributed by atoms with Crippen LogP contribution in [0.4, 0.5) is 0 Å². The van der Waals surface area contributed by atoms with Crippen molar-refractivity contribution in [2.24, 2.45) is 0 Å². The van der Waals surface area contributed by atoms with E-state index in [9.17, 15) is 0 Å². The normalized spacial score (nSPS) is 13.6. The van der Waals surface area contributed by atoms with Gasteiger partial charge in [-0.1, -0.05) is 86.6 Å². The van der Waals surface area contributed by atoms with Crippen LogP contribution in [0.5, 0.6) is 0 Å². The highest BCUT2D eigenvalue weighted by atomic mass is 32.1. The first kappa shape index (κ1) is 23.4. The summed E-state index contributed by atoms with van der Waals surface area (Å²) >= 11 is 1.74. The summed E-state index contributed by atoms with van der Waals surface area (Å²) in [6.07, 6.45) is 1.96. The number of hydrogen-bond donors (Lipinski definition) is 0. The molecule has 0 saturated carbocycles. The van der Waals surface area contributed by atoms with E-state index in [1.54, 1.807) is 11.3 Å². The second kappa shape index (κ2) is 8.51. The fourth-order valence-electron chi connectivity index (χ4n) is 6.55. The van der Waals surface area contributed by atoms with Gasteiger partial charge < -0.3 is 4.57 Å². The first-order chi connectivity index (χ1) is 19.5. The zero-order chi connectivity index (χ0) is 27.0. The van der Waals surface area contributed by atoms with Crippen LogP contribution in [0.2, 0.25) is 0 Å². The van der Waals surface area contributed by atoms with Gasteiger partial charge >= 0.3 is 0 Å². The largest absolute Gasteiger partial charge is 0.309 e. The van der Waals surface area contributed by atoms with Crippen molar-refractivity contribution in [2.45, 2.75) is 26.2 Å². The van der Waals surface area contributed by atoms with E-state index >= 15 is 0 Å². The van der Waals surface area contributed by atoms with Crippen molar-refractivity contribution < 1.29 is 0 Å². The summed E-state index contributed by atoms with van der Waals surface area (Å²) in [7, 11) is 0. The maximum absolute atomic E-state index is 4.66. The predicted molar refractivity (Wildman–Crippen MR) is 170 cm³/mol. The summed E-state index contributed by atoms with van der Waals surface area (Å²) in [4.78, 5) is 5.89. The molecule has 2 nitrogen and oxygen atoms in total. The predicted octanol–water partition coefficient (Wildman–Crippen LogP) is 10.2. The summed E-state index contributed by atoms with van der Waals surface area (Å²) in [5.74, 6) is 0. The topological polar surface area (TPSA) is 17.8 Å². The molecule has 2 heterocycles. The Morgan fingerprint density at radius 2 is 1.40 bits per heavy atom. The summed E-state index contributed by atoms with van der Waals surface area (Å²) < 4.78 is 2.43. The highest BCUT2D eigenvalue weighted by molar-refractivity contribution is 7.14. The second-order valence-electron chi connectivity index (χ2n) is 11.3. The maximum Gasteiger partial charge on any atom is 0.123 e. The number of thiazole rings is 1. The van der Waals surface area contributed by atoms with Crippen molar-refractivity contribution in [2.75, 3.05) is 0 Å². The zero-order valence-corrected chi connectivity index (χ0v) is 23.6. The van der Waals surface area contributed by atoms with E-state index in [-0.39, 0.29) is 5.41 Å². The van der Waals surface area contributed by atoms with E-state index in [1.807, 2.05) is 6.20 Å². The highest BCUT2D eigenvalue weighted by Gasteiger charge is 2.36. The Labute approximate surface area is 238 Å². The van der Waals surface area contributed by atoms with Gasteiger partial charge in [0.05, 0.1) is 11.0 Å². The van der Waals surface area contributed by atoms with Crippen molar-refractivity contribution in [3.8, 4) is 38.5 Å².